The van der Waals surface area contributed by atoms with E-state index in [9.17, 15) is 18.0 Å². The Morgan fingerprint density at radius 2 is 1.93 bits per heavy atom. The van der Waals surface area contributed by atoms with E-state index in [0.717, 1.165) is 25.0 Å². The molecule has 1 heterocycles. The molecule has 0 aliphatic heterocycles. The van der Waals surface area contributed by atoms with Crippen LogP contribution in [-0.2, 0) is 11.0 Å². The molecule has 9 heteroatoms. The Bertz CT molecular complexity index is 1060. The van der Waals surface area contributed by atoms with Crippen molar-refractivity contribution in [3.8, 4) is 23.1 Å². The van der Waals surface area contributed by atoms with Gasteiger partial charge in [0.05, 0.1) is 17.9 Å². The molecule has 0 spiro atoms. The van der Waals surface area contributed by atoms with E-state index < -0.39 is 11.7 Å². The van der Waals surface area contributed by atoms with E-state index in [2.05, 4.69) is 15.4 Å². The van der Waals surface area contributed by atoms with Gasteiger partial charge in [-0.05, 0) is 56.2 Å². The fourth-order valence-corrected chi connectivity index (χ4v) is 2.96. The summed E-state index contributed by atoms with van der Waals surface area (Å²) in [7, 11) is 0. The maximum Gasteiger partial charge on any atom is 0.416 e. The molecule has 4 rings (SSSR count). The number of rotatable bonds is 6. The average molecular weight is 416 g/mol. The number of alkyl halides is 3. The number of carbonyl (C=O) groups excluding carboxylic acids is 1. The van der Waals surface area contributed by atoms with Crippen molar-refractivity contribution in [1.29, 1.82) is 0 Å². The van der Waals surface area contributed by atoms with Gasteiger partial charge in [-0.15, -0.1) is 5.10 Å². The summed E-state index contributed by atoms with van der Waals surface area (Å²) in [5.74, 6) is 0.298. The number of amides is 1. The van der Waals surface area contributed by atoms with Gasteiger partial charge in [-0.3, -0.25) is 4.79 Å². The maximum absolute atomic E-state index is 13.1. The van der Waals surface area contributed by atoms with Gasteiger partial charge in [0.25, 0.3) is 0 Å². The van der Waals surface area contributed by atoms with Crippen LogP contribution < -0.4 is 10.1 Å². The predicted octanol–water partition coefficient (Wildman–Crippen LogP) is 4.70. The molecule has 1 aliphatic carbocycles. The summed E-state index contributed by atoms with van der Waals surface area (Å²) in [5, 5.41) is 7.13. The third kappa shape index (κ3) is 4.29. The third-order valence-corrected chi connectivity index (χ3v) is 4.64. The molecule has 1 amide bonds. The van der Waals surface area contributed by atoms with Crippen molar-refractivity contribution in [3.63, 3.8) is 0 Å². The minimum atomic E-state index is -4.47. The van der Waals surface area contributed by atoms with Crippen molar-refractivity contribution in [2.45, 2.75) is 25.9 Å². The first-order valence-electron chi connectivity index (χ1n) is 9.54. The lowest BCUT2D eigenvalue weighted by Gasteiger charge is -2.10. The summed E-state index contributed by atoms with van der Waals surface area (Å²) in [6, 6.07) is 11.8. The average Bonchev–Trinajstić information content (AvgIpc) is 3.49. The Kier molecular flexibility index (Phi) is 5.19. The monoisotopic (exact) mass is 416 g/mol. The largest absolute Gasteiger partial charge is 0.463 e. The highest BCUT2D eigenvalue weighted by molar-refractivity contribution is 5.94. The van der Waals surface area contributed by atoms with Crippen LogP contribution in [0.1, 0.15) is 25.3 Å². The Hall–Kier alpha value is -3.36. The third-order valence-electron chi connectivity index (χ3n) is 4.64. The number of benzene rings is 2. The fourth-order valence-electron chi connectivity index (χ4n) is 2.96. The standard InChI is InChI=1S/C21H19F3N4O2/c1-2-30-20-26-18(14-4-3-5-15(12-14)21(22,23)24)28(27-20)17-10-8-16(9-11-17)25-19(29)13-6-7-13/h3-5,8-13H,2,6-7H2,1H3,(H,25,29). The Labute approximate surface area is 170 Å². The summed E-state index contributed by atoms with van der Waals surface area (Å²) in [4.78, 5) is 16.2. The second-order valence-electron chi connectivity index (χ2n) is 6.95. The van der Waals surface area contributed by atoms with E-state index in [1.165, 1.54) is 16.8 Å². The summed E-state index contributed by atoms with van der Waals surface area (Å²) >= 11 is 0. The number of hydrogen-bond donors (Lipinski definition) is 1. The van der Waals surface area contributed by atoms with Crippen LogP contribution in [0.3, 0.4) is 0 Å². The molecule has 0 radical (unpaired) electrons. The normalized spacial score (nSPS) is 13.9. The molecule has 0 saturated heterocycles. The predicted molar refractivity (Wildman–Crippen MR) is 104 cm³/mol. The van der Waals surface area contributed by atoms with Crippen LogP contribution in [0.2, 0.25) is 0 Å². The molecule has 1 aromatic heterocycles. The number of halogens is 3. The van der Waals surface area contributed by atoms with Crippen LogP contribution >= 0.6 is 0 Å². The fraction of sp³-hybridized carbons (Fsp3) is 0.286. The molecule has 2 aromatic carbocycles. The van der Waals surface area contributed by atoms with E-state index >= 15 is 0 Å². The molecule has 1 N–H and O–H groups in total. The molecular weight excluding hydrogens is 397 g/mol. The first kappa shape index (κ1) is 19.9. The molecule has 30 heavy (non-hydrogen) atoms. The molecule has 0 unspecified atom stereocenters. The molecule has 6 nitrogen and oxygen atoms in total. The Morgan fingerprint density at radius 3 is 2.57 bits per heavy atom. The number of aromatic nitrogens is 3. The smallest absolute Gasteiger partial charge is 0.416 e. The number of anilines is 1. The van der Waals surface area contributed by atoms with Gasteiger partial charge in [-0.25, -0.2) is 4.68 Å². The lowest BCUT2D eigenvalue weighted by Crippen LogP contribution is -2.13. The van der Waals surface area contributed by atoms with E-state index in [4.69, 9.17) is 4.74 Å². The minimum Gasteiger partial charge on any atom is -0.463 e. The van der Waals surface area contributed by atoms with Gasteiger partial charge in [-0.2, -0.15) is 18.2 Å². The van der Waals surface area contributed by atoms with E-state index in [1.54, 1.807) is 31.2 Å². The second kappa shape index (κ2) is 7.81. The lowest BCUT2D eigenvalue weighted by atomic mass is 10.1. The summed E-state index contributed by atoms with van der Waals surface area (Å²) in [6.07, 6.45) is -2.65. The minimum absolute atomic E-state index is 0.00760. The number of nitrogens with one attached hydrogen (secondary N) is 1. The van der Waals surface area contributed by atoms with Gasteiger partial charge in [0.15, 0.2) is 5.82 Å². The zero-order chi connectivity index (χ0) is 21.3. The van der Waals surface area contributed by atoms with Crippen molar-refractivity contribution in [2.75, 3.05) is 11.9 Å². The van der Waals surface area contributed by atoms with Gasteiger partial charge in [0.2, 0.25) is 5.91 Å². The van der Waals surface area contributed by atoms with Crippen molar-refractivity contribution in [1.82, 2.24) is 14.8 Å². The van der Waals surface area contributed by atoms with Gasteiger partial charge in [-0.1, -0.05) is 12.1 Å². The van der Waals surface area contributed by atoms with E-state index in [1.807, 2.05) is 0 Å². The van der Waals surface area contributed by atoms with Crippen molar-refractivity contribution in [3.05, 3.63) is 54.1 Å². The number of nitrogens with zero attached hydrogens (tertiary/aromatic N) is 3. The number of carbonyl (C=O) groups is 1. The summed E-state index contributed by atoms with van der Waals surface area (Å²) < 4.78 is 46.2. The molecule has 3 aromatic rings. The van der Waals surface area contributed by atoms with Crippen LogP contribution in [0.5, 0.6) is 6.01 Å². The maximum atomic E-state index is 13.1. The van der Waals surface area contributed by atoms with Crippen molar-refractivity contribution < 1.29 is 22.7 Å². The van der Waals surface area contributed by atoms with Crippen LogP contribution in [0.4, 0.5) is 18.9 Å². The van der Waals surface area contributed by atoms with E-state index in [0.29, 0.717) is 18.0 Å². The van der Waals surface area contributed by atoms with Crippen LogP contribution in [0.25, 0.3) is 17.1 Å². The Balaban J connectivity index is 1.68. The molecule has 156 valence electrons. The first-order valence-corrected chi connectivity index (χ1v) is 9.54. The van der Waals surface area contributed by atoms with Crippen LogP contribution in [0, 0.1) is 5.92 Å². The molecular formula is C21H19F3N4O2. The summed E-state index contributed by atoms with van der Waals surface area (Å²) in [6.45, 7) is 2.08. The summed E-state index contributed by atoms with van der Waals surface area (Å²) in [5.41, 5.74) is 0.701. The molecule has 1 saturated carbocycles. The molecule has 0 bridgehead atoms. The topological polar surface area (TPSA) is 69.0 Å². The van der Waals surface area contributed by atoms with Gasteiger partial charge in [0, 0.05) is 17.2 Å². The molecule has 0 atom stereocenters. The first-order chi connectivity index (χ1) is 14.3. The van der Waals surface area contributed by atoms with Crippen LogP contribution in [-0.4, -0.2) is 27.3 Å². The van der Waals surface area contributed by atoms with Crippen molar-refractivity contribution in [2.24, 2.45) is 5.92 Å². The Morgan fingerprint density at radius 1 is 1.20 bits per heavy atom. The number of ether oxygens (including phenoxy) is 1. The highest BCUT2D eigenvalue weighted by atomic mass is 19.4. The zero-order valence-electron chi connectivity index (χ0n) is 16.1. The van der Waals surface area contributed by atoms with Crippen LogP contribution in [0.15, 0.2) is 48.5 Å². The highest BCUT2D eigenvalue weighted by Gasteiger charge is 2.31. The molecule has 1 aliphatic rings. The van der Waals surface area contributed by atoms with E-state index in [-0.39, 0.29) is 29.2 Å². The lowest BCUT2D eigenvalue weighted by molar-refractivity contribution is -0.137. The van der Waals surface area contributed by atoms with Gasteiger partial charge < -0.3 is 10.1 Å². The number of hydrogen-bond acceptors (Lipinski definition) is 4. The quantitative estimate of drug-likeness (QED) is 0.633. The SMILES string of the molecule is CCOc1nc(-c2cccc(C(F)(F)F)c2)n(-c2ccc(NC(=O)C3CC3)cc2)n1. The zero-order valence-corrected chi connectivity index (χ0v) is 16.1. The second-order valence-corrected chi connectivity index (χ2v) is 6.95. The molecule has 1 fully saturated rings. The van der Waals surface area contributed by atoms with Crippen molar-refractivity contribution >= 4 is 11.6 Å². The highest BCUT2D eigenvalue weighted by Crippen LogP contribution is 2.33. The van der Waals surface area contributed by atoms with Gasteiger partial charge >= 0.3 is 12.2 Å². The van der Waals surface area contributed by atoms with Gasteiger partial charge in [0.1, 0.15) is 0 Å².